The van der Waals surface area contributed by atoms with E-state index in [-0.39, 0.29) is 30.4 Å². The monoisotopic (exact) mass is 332 g/mol. The van der Waals surface area contributed by atoms with E-state index in [1.165, 1.54) is 6.92 Å². The molecular weight excluding hydrogens is 304 g/mol. The van der Waals surface area contributed by atoms with Gasteiger partial charge in [0.05, 0.1) is 6.54 Å². The Labute approximate surface area is 137 Å². The van der Waals surface area contributed by atoms with E-state index in [0.717, 1.165) is 5.75 Å². The molecule has 2 amide bonds. The fourth-order valence-corrected chi connectivity index (χ4v) is 2.64. The predicted molar refractivity (Wildman–Crippen MR) is 88.7 cm³/mol. The number of hydrogen-bond donors (Lipinski definition) is 1. The number of esters is 1. The lowest BCUT2D eigenvalue weighted by Crippen LogP contribution is -2.38. The average Bonchev–Trinajstić information content (AvgIpc) is 2.46. The standard InChI is InChI=1S/C15H28N2O4S/c1-5-15(20)17(12(2)3)8-11-22-10-6-14(19)16-7-9-21-13(4)18/h12H,5-11H2,1-4H3,(H,16,19). The number of ether oxygens (including phenoxy) is 1. The topological polar surface area (TPSA) is 75.7 Å². The molecule has 0 saturated carbocycles. The largest absolute Gasteiger partial charge is 0.464 e. The third-order valence-corrected chi connectivity index (χ3v) is 3.89. The lowest BCUT2D eigenvalue weighted by Gasteiger charge is -2.26. The van der Waals surface area contributed by atoms with E-state index in [1.54, 1.807) is 11.8 Å². The van der Waals surface area contributed by atoms with Crippen molar-refractivity contribution in [2.24, 2.45) is 0 Å². The van der Waals surface area contributed by atoms with Crippen molar-refractivity contribution < 1.29 is 19.1 Å². The second-order valence-electron chi connectivity index (χ2n) is 5.09. The molecule has 0 aromatic rings. The highest BCUT2D eigenvalue weighted by atomic mass is 32.2. The highest BCUT2D eigenvalue weighted by Gasteiger charge is 2.14. The molecule has 1 N–H and O–H groups in total. The lowest BCUT2D eigenvalue weighted by molar-refractivity contribution is -0.141. The Hall–Kier alpha value is -1.24. The Bertz CT molecular complexity index is 361. The third kappa shape index (κ3) is 10.5. The fourth-order valence-electron chi connectivity index (χ4n) is 1.78. The van der Waals surface area contributed by atoms with Crippen LogP contribution in [-0.2, 0) is 19.1 Å². The van der Waals surface area contributed by atoms with Gasteiger partial charge in [0.2, 0.25) is 11.8 Å². The molecule has 128 valence electrons. The van der Waals surface area contributed by atoms with Crippen LogP contribution in [0, 0.1) is 0 Å². The van der Waals surface area contributed by atoms with Crippen LogP contribution in [0.4, 0.5) is 0 Å². The summed E-state index contributed by atoms with van der Waals surface area (Å²) in [6.45, 7) is 8.48. The van der Waals surface area contributed by atoms with Crippen LogP contribution in [0.2, 0.25) is 0 Å². The van der Waals surface area contributed by atoms with Crippen molar-refractivity contribution in [1.29, 1.82) is 0 Å². The number of nitrogens with one attached hydrogen (secondary N) is 1. The van der Waals surface area contributed by atoms with E-state index in [4.69, 9.17) is 4.74 Å². The SMILES string of the molecule is CCC(=O)N(CCSCCC(=O)NCCOC(C)=O)C(C)C. The smallest absolute Gasteiger partial charge is 0.302 e. The normalized spacial score (nSPS) is 10.4. The van der Waals surface area contributed by atoms with Gasteiger partial charge < -0.3 is 15.0 Å². The number of rotatable bonds is 11. The highest BCUT2D eigenvalue weighted by molar-refractivity contribution is 7.99. The van der Waals surface area contributed by atoms with Gasteiger partial charge in [0.25, 0.3) is 0 Å². The minimum Gasteiger partial charge on any atom is -0.464 e. The maximum absolute atomic E-state index is 11.7. The van der Waals surface area contributed by atoms with Crippen molar-refractivity contribution >= 4 is 29.5 Å². The van der Waals surface area contributed by atoms with E-state index in [0.29, 0.717) is 31.7 Å². The van der Waals surface area contributed by atoms with Gasteiger partial charge in [-0.1, -0.05) is 6.92 Å². The molecule has 0 spiro atoms. The summed E-state index contributed by atoms with van der Waals surface area (Å²) in [6.07, 6.45) is 0.946. The van der Waals surface area contributed by atoms with Crippen molar-refractivity contribution in [3.8, 4) is 0 Å². The van der Waals surface area contributed by atoms with Crippen LogP contribution in [0.3, 0.4) is 0 Å². The van der Waals surface area contributed by atoms with Crippen molar-refractivity contribution in [1.82, 2.24) is 10.2 Å². The molecule has 6 nitrogen and oxygen atoms in total. The van der Waals surface area contributed by atoms with Crippen molar-refractivity contribution in [3.63, 3.8) is 0 Å². The van der Waals surface area contributed by atoms with E-state index in [2.05, 4.69) is 5.32 Å². The first-order chi connectivity index (χ1) is 10.4. The van der Waals surface area contributed by atoms with Gasteiger partial charge in [0.1, 0.15) is 6.61 Å². The van der Waals surface area contributed by atoms with Crippen molar-refractivity contribution in [2.45, 2.75) is 46.6 Å². The molecular formula is C15H28N2O4S. The quantitative estimate of drug-likeness (QED) is 0.458. The second kappa shape index (κ2) is 12.3. The van der Waals surface area contributed by atoms with Crippen molar-refractivity contribution in [2.75, 3.05) is 31.2 Å². The van der Waals surface area contributed by atoms with Gasteiger partial charge in [-0.25, -0.2) is 0 Å². The Kier molecular flexibility index (Phi) is 11.6. The predicted octanol–water partition coefficient (Wildman–Crippen LogP) is 1.44. The second-order valence-corrected chi connectivity index (χ2v) is 6.31. The molecule has 0 heterocycles. The first-order valence-electron chi connectivity index (χ1n) is 7.65. The van der Waals surface area contributed by atoms with Gasteiger partial charge in [-0.15, -0.1) is 0 Å². The summed E-state index contributed by atoms with van der Waals surface area (Å²) in [4.78, 5) is 35.7. The van der Waals surface area contributed by atoms with Gasteiger partial charge in [0, 0.05) is 43.9 Å². The molecule has 0 aromatic carbocycles. The maximum Gasteiger partial charge on any atom is 0.302 e. The van der Waals surface area contributed by atoms with E-state index in [1.807, 2.05) is 25.7 Å². The van der Waals surface area contributed by atoms with Crippen molar-refractivity contribution in [3.05, 3.63) is 0 Å². The van der Waals surface area contributed by atoms with Crippen LogP contribution in [0.5, 0.6) is 0 Å². The molecule has 0 saturated heterocycles. The fraction of sp³-hybridized carbons (Fsp3) is 0.800. The highest BCUT2D eigenvalue weighted by Crippen LogP contribution is 2.07. The molecule has 0 rings (SSSR count). The number of carbonyl (C=O) groups is 3. The molecule has 0 unspecified atom stereocenters. The van der Waals surface area contributed by atoms with Crippen LogP contribution in [0.25, 0.3) is 0 Å². The minimum atomic E-state index is -0.346. The van der Waals surface area contributed by atoms with Gasteiger partial charge in [-0.05, 0) is 13.8 Å². The van der Waals surface area contributed by atoms with Gasteiger partial charge in [-0.2, -0.15) is 11.8 Å². The van der Waals surface area contributed by atoms with Gasteiger partial charge >= 0.3 is 5.97 Å². The summed E-state index contributed by atoms with van der Waals surface area (Å²) in [5.74, 6) is 1.31. The minimum absolute atomic E-state index is 0.0509. The van der Waals surface area contributed by atoms with Crippen LogP contribution in [-0.4, -0.2) is 59.9 Å². The summed E-state index contributed by atoms with van der Waals surface area (Å²) >= 11 is 1.66. The first-order valence-corrected chi connectivity index (χ1v) is 8.81. The lowest BCUT2D eigenvalue weighted by atomic mass is 10.3. The van der Waals surface area contributed by atoms with Crippen LogP contribution >= 0.6 is 11.8 Å². The zero-order valence-corrected chi connectivity index (χ0v) is 14.8. The molecule has 0 bridgehead atoms. The average molecular weight is 332 g/mol. The molecule has 0 aliphatic carbocycles. The van der Waals surface area contributed by atoms with Gasteiger partial charge in [0.15, 0.2) is 0 Å². The van der Waals surface area contributed by atoms with Crippen LogP contribution in [0.15, 0.2) is 0 Å². The number of nitrogens with zero attached hydrogens (tertiary/aromatic N) is 1. The molecule has 0 aliphatic rings. The van der Waals surface area contributed by atoms with Crippen LogP contribution < -0.4 is 5.32 Å². The first kappa shape index (κ1) is 20.8. The van der Waals surface area contributed by atoms with E-state index < -0.39 is 0 Å². The Morgan fingerprint density at radius 2 is 1.91 bits per heavy atom. The van der Waals surface area contributed by atoms with E-state index in [9.17, 15) is 14.4 Å². The molecule has 22 heavy (non-hydrogen) atoms. The maximum atomic E-state index is 11.7. The molecule has 0 aliphatic heterocycles. The zero-order valence-electron chi connectivity index (χ0n) is 14.0. The summed E-state index contributed by atoms with van der Waals surface area (Å²) in [5, 5.41) is 2.69. The molecule has 7 heteroatoms. The zero-order chi connectivity index (χ0) is 17.0. The molecule has 0 fully saturated rings. The number of carbonyl (C=O) groups excluding carboxylic acids is 3. The summed E-state index contributed by atoms with van der Waals surface area (Å²) in [7, 11) is 0. The van der Waals surface area contributed by atoms with E-state index >= 15 is 0 Å². The number of thioether (sulfide) groups is 1. The summed E-state index contributed by atoms with van der Waals surface area (Å²) in [6, 6.07) is 0.206. The van der Waals surface area contributed by atoms with Crippen LogP contribution in [0.1, 0.15) is 40.5 Å². The Morgan fingerprint density at radius 1 is 1.23 bits per heavy atom. The molecule has 0 atom stereocenters. The van der Waals surface area contributed by atoms with Gasteiger partial charge in [-0.3, -0.25) is 14.4 Å². The Balaban J connectivity index is 3.68. The third-order valence-electron chi connectivity index (χ3n) is 2.93. The number of amides is 2. The Morgan fingerprint density at radius 3 is 2.45 bits per heavy atom. The molecule has 0 aromatic heterocycles. The molecule has 0 radical (unpaired) electrons. The summed E-state index contributed by atoms with van der Waals surface area (Å²) in [5.41, 5.74) is 0. The number of hydrogen-bond acceptors (Lipinski definition) is 5. The summed E-state index contributed by atoms with van der Waals surface area (Å²) < 4.78 is 4.72.